The number of phenols is 2. The molecule has 1 aliphatic rings. The maximum Gasteiger partial charge on any atom is 0.284 e. The number of fused-ring (bicyclic) bond motifs is 1. The maximum atomic E-state index is 12.3. The topological polar surface area (TPSA) is 116 Å². The minimum absolute atomic E-state index is 0.0885. The summed E-state index contributed by atoms with van der Waals surface area (Å²) < 4.78 is 4.94. The highest BCUT2D eigenvalue weighted by Crippen LogP contribution is 2.33. The SMILES string of the molecule is COc1cc(O)c2c(c1)C(=O)N(NC(=O)c1ccccc1O)C2=O. The number of phenolic OH excluding ortho intramolecular Hbond substituents is 2. The Hall–Kier alpha value is -3.55. The number of rotatable bonds is 3. The molecule has 1 aliphatic heterocycles. The van der Waals surface area contributed by atoms with E-state index in [4.69, 9.17) is 4.74 Å². The summed E-state index contributed by atoms with van der Waals surface area (Å²) in [6.45, 7) is 0. The van der Waals surface area contributed by atoms with Gasteiger partial charge < -0.3 is 14.9 Å². The number of hydrazine groups is 1. The minimum atomic E-state index is -0.876. The van der Waals surface area contributed by atoms with Crippen molar-refractivity contribution in [2.75, 3.05) is 7.11 Å². The smallest absolute Gasteiger partial charge is 0.284 e. The number of methoxy groups -OCH3 is 1. The summed E-state index contributed by atoms with van der Waals surface area (Å²) in [5, 5.41) is 20.1. The van der Waals surface area contributed by atoms with Gasteiger partial charge in [-0.15, -0.1) is 0 Å². The van der Waals surface area contributed by atoms with Gasteiger partial charge in [0.25, 0.3) is 17.7 Å². The van der Waals surface area contributed by atoms with Gasteiger partial charge in [0.2, 0.25) is 0 Å². The Bertz CT molecular complexity index is 877. The lowest BCUT2D eigenvalue weighted by molar-refractivity contribution is 0.0516. The number of hydrogen-bond donors (Lipinski definition) is 3. The predicted molar refractivity (Wildman–Crippen MR) is 80.7 cm³/mol. The fourth-order valence-corrected chi connectivity index (χ4v) is 2.37. The van der Waals surface area contributed by atoms with Crippen LogP contribution in [0.3, 0.4) is 0 Å². The molecule has 3 N–H and O–H groups in total. The van der Waals surface area contributed by atoms with Gasteiger partial charge in [0.15, 0.2) is 0 Å². The second kappa shape index (κ2) is 5.58. The largest absolute Gasteiger partial charge is 0.507 e. The van der Waals surface area contributed by atoms with Gasteiger partial charge in [-0.05, 0) is 18.2 Å². The van der Waals surface area contributed by atoms with Crippen LogP contribution < -0.4 is 10.2 Å². The first-order chi connectivity index (χ1) is 11.4. The number of benzene rings is 2. The van der Waals surface area contributed by atoms with Crippen LogP contribution in [0.15, 0.2) is 36.4 Å². The zero-order valence-corrected chi connectivity index (χ0v) is 12.4. The molecule has 8 heteroatoms. The molecular weight excluding hydrogens is 316 g/mol. The molecule has 1 heterocycles. The van der Waals surface area contributed by atoms with Gasteiger partial charge in [0.05, 0.1) is 23.8 Å². The van der Waals surface area contributed by atoms with Crippen LogP contribution in [-0.4, -0.2) is 40.1 Å². The number of nitrogens with zero attached hydrogens (tertiary/aromatic N) is 1. The number of carbonyl (C=O) groups is 3. The second-order valence-corrected chi connectivity index (χ2v) is 4.97. The highest BCUT2D eigenvalue weighted by molar-refractivity contribution is 6.23. The summed E-state index contributed by atoms with van der Waals surface area (Å²) in [4.78, 5) is 36.8. The van der Waals surface area contributed by atoms with Crippen molar-refractivity contribution in [3.8, 4) is 17.2 Å². The number of aromatic hydroxyl groups is 2. The number of imide groups is 1. The van der Waals surface area contributed by atoms with Crippen LogP contribution in [0.2, 0.25) is 0 Å². The zero-order valence-electron chi connectivity index (χ0n) is 12.4. The molecule has 3 rings (SSSR count). The molecule has 0 unspecified atom stereocenters. The number of nitrogens with one attached hydrogen (secondary N) is 1. The quantitative estimate of drug-likeness (QED) is 0.725. The van der Waals surface area contributed by atoms with E-state index >= 15 is 0 Å². The average molecular weight is 328 g/mol. The molecule has 2 aromatic carbocycles. The first kappa shape index (κ1) is 15.3. The molecule has 0 saturated carbocycles. The van der Waals surface area contributed by atoms with Crippen molar-refractivity contribution in [3.63, 3.8) is 0 Å². The van der Waals surface area contributed by atoms with Crippen LogP contribution in [-0.2, 0) is 0 Å². The van der Waals surface area contributed by atoms with Crippen LogP contribution in [0.1, 0.15) is 31.1 Å². The summed E-state index contributed by atoms with van der Waals surface area (Å²) in [5.74, 6) is -3.06. The number of carbonyl (C=O) groups excluding carboxylic acids is 3. The third kappa shape index (κ3) is 2.30. The molecule has 2 aromatic rings. The van der Waals surface area contributed by atoms with Gasteiger partial charge in [-0.25, -0.2) is 0 Å². The summed E-state index contributed by atoms with van der Waals surface area (Å²) in [7, 11) is 1.35. The maximum absolute atomic E-state index is 12.3. The van der Waals surface area contributed by atoms with Crippen LogP contribution >= 0.6 is 0 Å². The van der Waals surface area contributed by atoms with E-state index < -0.39 is 23.5 Å². The van der Waals surface area contributed by atoms with Gasteiger partial charge in [-0.3, -0.25) is 19.8 Å². The fraction of sp³-hybridized carbons (Fsp3) is 0.0625. The van der Waals surface area contributed by atoms with E-state index in [1.54, 1.807) is 0 Å². The summed E-state index contributed by atoms with van der Waals surface area (Å²) in [6.07, 6.45) is 0. The predicted octanol–water partition coefficient (Wildman–Crippen LogP) is 1.05. The van der Waals surface area contributed by atoms with Crippen LogP contribution in [0.4, 0.5) is 0 Å². The molecule has 0 spiro atoms. The normalized spacial score (nSPS) is 13.0. The van der Waals surface area contributed by atoms with Gasteiger partial charge in [-0.1, -0.05) is 12.1 Å². The lowest BCUT2D eigenvalue weighted by atomic mass is 10.1. The fourth-order valence-electron chi connectivity index (χ4n) is 2.37. The molecule has 0 atom stereocenters. The number of amides is 3. The van der Waals surface area contributed by atoms with Crippen molar-refractivity contribution in [2.45, 2.75) is 0 Å². The second-order valence-electron chi connectivity index (χ2n) is 4.97. The third-order valence-electron chi connectivity index (χ3n) is 3.54. The molecule has 0 radical (unpaired) electrons. The number of para-hydroxylation sites is 1. The van der Waals surface area contributed by atoms with Crippen molar-refractivity contribution in [3.05, 3.63) is 53.1 Å². The molecule has 8 nitrogen and oxygen atoms in total. The van der Waals surface area contributed by atoms with E-state index in [1.807, 2.05) is 0 Å². The zero-order chi connectivity index (χ0) is 17.4. The monoisotopic (exact) mass is 328 g/mol. The molecule has 0 aliphatic carbocycles. The van der Waals surface area contributed by atoms with Crippen molar-refractivity contribution >= 4 is 17.7 Å². The Morgan fingerprint density at radius 2 is 1.79 bits per heavy atom. The standard InChI is InChI=1S/C16H12N2O6/c1-24-8-6-10-13(12(20)7-8)16(23)18(15(10)22)17-14(21)9-4-2-3-5-11(9)19/h2-7,19-20H,1H3,(H,17,21). The van der Waals surface area contributed by atoms with Crippen LogP contribution in [0, 0.1) is 0 Å². The molecular formula is C16H12N2O6. The summed E-state index contributed by atoms with van der Waals surface area (Å²) in [6, 6.07) is 8.17. The van der Waals surface area contributed by atoms with Gasteiger partial charge in [0.1, 0.15) is 17.2 Å². The number of hydrogen-bond acceptors (Lipinski definition) is 6. The van der Waals surface area contributed by atoms with Gasteiger partial charge in [-0.2, -0.15) is 5.01 Å². The molecule has 0 saturated heterocycles. The number of ether oxygens (including phenoxy) is 1. The summed E-state index contributed by atoms with van der Waals surface area (Å²) >= 11 is 0. The van der Waals surface area contributed by atoms with Crippen molar-refractivity contribution < 1.29 is 29.3 Å². The van der Waals surface area contributed by atoms with E-state index in [-0.39, 0.29) is 28.2 Å². The highest BCUT2D eigenvalue weighted by Gasteiger charge is 2.40. The first-order valence-corrected chi connectivity index (χ1v) is 6.82. The molecule has 0 aromatic heterocycles. The lowest BCUT2D eigenvalue weighted by Crippen LogP contribution is -2.45. The Morgan fingerprint density at radius 3 is 2.46 bits per heavy atom. The third-order valence-corrected chi connectivity index (χ3v) is 3.54. The molecule has 3 amide bonds. The Labute approximate surface area is 135 Å². The average Bonchev–Trinajstić information content (AvgIpc) is 2.80. The van der Waals surface area contributed by atoms with Gasteiger partial charge in [0, 0.05) is 6.07 Å². The van der Waals surface area contributed by atoms with Crippen LogP contribution in [0.5, 0.6) is 17.2 Å². The van der Waals surface area contributed by atoms with E-state index in [0.29, 0.717) is 5.01 Å². The Kier molecular flexibility index (Phi) is 3.57. The molecule has 0 bridgehead atoms. The molecule has 24 heavy (non-hydrogen) atoms. The highest BCUT2D eigenvalue weighted by atomic mass is 16.5. The van der Waals surface area contributed by atoms with Crippen molar-refractivity contribution in [1.82, 2.24) is 10.4 Å². The molecule has 0 fully saturated rings. The van der Waals surface area contributed by atoms with Gasteiger partial charge >= 0.3 is 0 Å². The van der Waals surface area contributed by atoms with E-state index in [0.717, 1.165) is 0 Å². The Balaban J connectivity index is 1.93. The summed E-state index contributed by atoms with van der Waals surface area (Å²) in [5.41, 5.74) is 1.72. The van der Waals surface area contributed by atoms with E-state index in [1.165, 1.54) is 43.5 Å². The van der Waals surface area contributed by atoms with E-state index in [2.05, 4.69) is 5.43 Å². The van der Waals surface area contributed by atoms with E-state index in [9.17, 15) is 24.6 Å². The first-order valence-electron chi connectivity index (χ1n) is 6.82. The van der Waals surface area contributed by atoms with Crippen molar-refractivity contribution in [1.29, 1.82) is 0 Å². The van der Waals surface area contributed by atoms with Crippen molar-refractivity contribution in [2.24, 2.45) is 0 Å². The minimum Gasteiger partial charge on any atom is -0.507 e. The Morgan fingerprint density at radius 1 is 1.08 bits per heavy atom. The van der Waals surface area contributed by atoms with Crippen LogP contribution in [0.25, 0.3) is 0 Å². The lowest BCUT2D eigenvalue weighted by Gasteiger charge is -2.15. The molecule has 122 valence electrons.